The Hall–Kier alpha value is -1.71. The van der Waals surface area contributed by atoms with Crippen molar-refractivity contribution in [1.82, 2.24) is 5.32 Å². The minimum atomic E-state index is 0.0846. The number of amides is 1. The molecule has 0 saturated heterocycles. The van der Waals surface area contributed by atoms with Gasteiger partial charge in [0, 0.05) is 6.04 Å². The van der Waals surface area contributed by atoms with Gasteiger partial charge in [-0.2, -0.15) is 0 Å². The number of fused-ring (bicyclic) bond motifs is 1. The molecule has 0 radical (unpaired) electrons. The van der Waals surface area contributed by atoms with Gasteiger partial charge in [-0.15, -0.1) is 0 Å². The fourth-order valence-electron chi connectivity index (χ4n) is 1.74. The first-order valence-electron chi connectivity index (χ1n) is 5.49. The molecule has 1 aliphatic carbocycles. The van der Waals surface area contributed by atoms with Gasteiger partial charge >= 0.3 is 0 Å². The predicted octanol–water partition coefficient (Wildman–Crippen LogP) is 1.24. The molecule has 1 aliphatic heterocycles. The van der Waals surface area contributed by atoms with Crippen molar-refractivity contribution in [3.8, 4) is 11.5 Å². The minimum absolute atomic E-state index is 0.0846. The summed E-state index contributed by atoms with van der Waals surface area (Å²) in [5, 5.41) is 2.96. The number of hydrogen-bond donors (Lipinski definition) is 1. The first-order valence-corrected chi connectivity index (χ1v) is 5.49. The molecule has 0 aromatic heterocycles. The van der Waals surface area contributed by atoms with E-state index in [-0.39, 0.29) is 12.7 Å². The molecule has 4 heteroatoms. The molecular formula is C12H13NO3. The molecule has 0 spiro atoms. The zero-order valence-corrected chi connectivity index (χ0v) is 8.86. The molecule has 4 nitrogen and oxygen atoms in total. The van der Waals surface area contributed by atoms with Gasteiger partial charge in [0.2, 0.25) is 12.7 Å². The second kappa shape index (κ2) is 3.70. The zero-order chi connectivity index (χ0) is 11.0. The topological polar surface area (TPSA) is 47.6 Å². The quantitative estimate of drug-likeness (QED) is 0.832. The molecule has 84 valence electrons. The first-order chi connectivity index (χ1) is 7.81. The molecule has 2 aliphatic rings. The monoisotopic (exact) mass is 219 g/mol. The second-order valence-corrected chi connectivity index (χ2v) is 4.21. The zero-order valence-electron chi connectivity index (χ0n) is 8.86. The Morgan fingerprint density at radius 2 is 2.12 bits per heavy atom. The van der Waals surface area contributed by atoms with Crippen LogP contribution in [0.2, 0.25) is 0 Å². The summed E-state index contributed by atoms with van der Waals surface area (Å²) in [7, 11) is 0. The van der Waals surface area contributed by atoms with E-state index in [4.69, 9.17) is 9.47 Å². The van der Waals surface area contributed by atoms with E-state index >= 15 is 0 Å². The van der Waals surface area contributed by atoms with Crippen LogP contribution < -0.4 is 14.8 Å². The Bertz CT molecular complexity index is 426. The van der Waals surface area contributed by atoms with Crippen molar-refractivity contribution in [2.24, 2.45) is 0 Å². The summed E-state index contributed by atoms with van der Waals surface area (Å²) in [5.41, 5.74) is 0.961. The van der Waals surface area contributed by atoms with Crippen LogP contribution in [0.1, 0.15) is 18.4 Å². The van der Waals surface area contributed by atoms with E-state index in [0.717, 1.165) is 29.9 Å². The van der Waals surface area contributed by atoms with Crippen LogP contribution in [0.25, 0.3) is 0 Å². The number of nitrogens with one attached hydrogen (secondary N) is 1. The van der Waals surface area contributed by atoms with Crippen LogP contribution in [0.5, 0.6) is 11.5 Å². The van der Waals surface area contributed by atoms with E-state index in [2.05, 4.69) is 5.32 Å². The van der Waals surface area contributed by atoms with Gasteiger partial charge in [0.1, 0.15) is 0 Å². The highest BCUT2D eigenvalue weighted by Crippen LogP contribution is 2.32. The number of benzene rings is 1. The average Bonchev–Trinajstić information content (AvgIpc) is 2.95. The lowest BCUT2D eigenvalue weighted by Gasteiger charge is -2.04. The molecule has 1 amide bonds. The Morgan fingerprint density at radius 3 is 2.94 bits per heavy atom. The summed E-state index contributed by atoms with van der Waals surface area (Å²) < 4.78 is 10.5. The SMILES string of the molecule is O=C(Cc1ccc2c(c1)OCO2)NC1CC1. The predicted molar refractivity (Wildman–Crippen MR) is 57.4 cm³/mol. The second-order valence-electron chi connectivity index (χ2n) is 4.21. The van der Waals surface area contributed by atoms with Gasteiger partial charge in [0.15, 0.2) is 11.5 Å². The van der Waals surface area contributed by atoms with Crippen molar-refractivity contribution >= 4 is 5.91 Å². The molecule has 1 aromatic rings. The van der Waals surface area contributed by atoms with Crippen LogP contribution in [-0.2, 0) is 11.2 Å². The molecule has 0 unspecified atom stereocenters. The third kappa shape index (κ3) is 1.96. The molecular weight excluding hydrogens is 206 g/mol. The molecule has 1 aromatic carbocycles. The third-order valence-corrected chi connectivity index (χ3v) is 2.74. The molecule has 1 N–H and O–H groups in total. The fraction of sp³-hybridized carbons (Fsp3) is 0.417. The Labute approximate surface area is 93.5 Å². The van der Waals surface area contributed by atoms with Crippen molar-refractivity contribution < 1.29 is 14.3 Å². The van der Waals surface area contributed by atoms with Crippen LogP contribution in [-0.4, -0.2) is 18.7 Å². The van der Waals surface area contributed by atoms with Crippen molar-refractivity contribution in [3.63, 3.8) is 0 Å². The fourth-order valence-corrected chi connectivity index (χ4v) is 1.74. The van der Waals surface area contributed by atoms with Gasteiger partial charge in [-0.25, -0.2) is 0 Å². The highest BCUT2D eigenvalue weighted by Gasteiger charge is 2.23. The summed E-state index contributed by atoms with van der Waals surface area (Å²) in [4.78, 5) is 11.6. The van der Waals surface area contributed by atoms with E-state index in [1.165, 1.54) is 0 Å². The smallest absolute Gasteiger partial charge is 0.231 e. The maximum Gasteiger partial charge on any atom is 0.231 e. The number of carbonyl (C=O) groups excluding carboxylic acids is 1. The van der Waals surface area contributed by atoms with E-state index in [1.807, 2.05) is 18.2 Å². The first kappa shape index (κ1) is 9.51. The standard InChI is InChI=1S/C12H13NO3/c14-12(13-9-2-3-9)6-8-1-4-10-11(5-8)16-7-15-10/h1,4-5,9H,2-3,6-7H2,(H,13,14). The summed E-state index contributed by atoms with van der Waals surface area (Å²) in [6, 6.07) is 6.04. The Balaban J connectivity index is 1.67. The molecule has 3 rings (SSSR count). The molecule has 16 heavy (non-hydrogen) atoms. The van der Waals surface area contributed by atoms with Gasteiger partial charge in [0.05, 0.1) is 6.42 Å². The van der Waals surface area contributed by atoms with E-state index in [9.17, 15) is 4.79 Å². The molecule has 0 bridgehead atoms. The molecule has 1 saturated carbocycles. The largest absolute Gasteiger partial charge is 0.454 e. The maximum absolute atomic E-state index is 11.6. The van der Waals surface area contributed by atoms with Crippen molar-refractivity contribution in [1.29, 1.82) is 0 Å². The number of rotatable bonds is 3. The maximum atomic E-state index is 11.6. The van der Waals surface area contributed by atoms with Gasteiger partial charge in [-0.3, -0.25) is 4.79 Å². The Kier molecular flexibility index (Phi) is 2.20. The van der Waals surface area contributed by atoms with Gasteiger partial charge in [-0.05, 0) is 30.5 Å². The number of ether oxygens (including phenoxy) is 2. The van der Waals surface area contributed by atoms with Crippen LogP contribution in [0.15, 0.2) is 18.2 Å². The summed E-state index contributed by atoms with van der Waals surface area (Å²) in [6.45, 7) is 0.271. The summed E-state index contributed by atoms with van der Waals surface area (Å²) in [5.74, 6) is 1.57. The van der Waals surface area contributed by atoms with Crippen molar-refractivity contribution in [3.05, 3.63) is 23.8 Å². The van der Waals surface area contributed by atoms with Crippen LogP contribution >= 0.6 is 0 Å². The lowest BCUT2D eigenvalue weighted by molar-refractivity contribution is -0.120. The average molecular weight is 219 g/mol. The highest BCUT2D eigenvalue weighted by molar-refractivity contribution is 5.79. The van der Waals surface area contributed by atoms with Crippen LogP contribution in [0.3, 0.4) is 0 Å². The third-order valence-electron chi connectivity index (χ3n) is 2.74. The number of carbonyl (C=O) groups is 1. The number of hydrogen-bond acceptors (Lipinski definition) is 3. The van der Waals surface area contributed by atoms with Crippen LogP contribution in [0.4, 0.5) is 0 Å². The normalized spacial score (nSPS) is 17.2. The summed E-state index contributed by atoms with van der Waals surface area (Å²) >= 11 is 0. The van der Waals surface area contributed by atoms with Crippen LogP contribution in [0, 0.1) is 0 Å². The van der Waals surface area contributed by atoms with Gasteiger partial charge < -0.3 is 14.8 Å². The lowest BCUT2D eigenvalue weighted by atomic mass is 10.1. The minimum Gasteiger partial charge on any atom is -0.454 e. The van der Waals surface area contributed by atoms with E-state index in [1.54, 1.807) is 0 Å². The van der Waals surface area contributed by atoms with Crippen molar-refractivity contribution in [2.45, 2.75) is 25.3 Å². The molecule has 1 heterocycles. The van der Waals surface area contributed by atoms with Gasteiger partial charge in [0.25, 0.3) is 0 Å². The van der Waals surface area contributed by atoms with Crippen molar-refractivity contribution in [2.75, 3.05) is 6.79 Å². The Morgan fingerprint density at radius 1 is 1.31 bits per heavy atom. The van der Waals surface area contributed by atoms with E-state index < -0.39 is 0 Å². The summed E-state index contributed by atoms with van der Waals surface area (Å²) in [6.07, 6.45) is 2.65. The highest BCUT2D eigenvalue weighted by atomic mass is 16.7. The van der Waals surface area contributed by atoms with Gasteiger partial charge in [-0.1, -0.05) is 6.07 Å². The lowest BCUT2D eigenvalue weighted by Crippen LogP contribution is -2.26. The molecule has 0 atom stereocenters. The molecule has 1 fully saturated rings. The van der Waals surface area contributed by atoms with E-state index in [0.29, 0.717) is 12.5 Å².